The predicted molar refractivity (Wildman–Crippen MR) is 80.4 cm³/mol. The maximum Gasteiger partial charge on any atom is 0.224 e. The largest absolute Gasteiger partial charge is 0.354 e. The van der Waals surface area contributed by atoms with E-state index in [2.05, 4.69) is 5.32 Å². The Balaban J connectivity index is 2.41. The molecule has 0 saturated heterocycles. The van der Waals surface area contributed by atoms with E-state index in [4.69, 9.17) is 0 Å². The fraction of sp³-hybridized carbons (Fsp3) is 0.500. The molecule has 1 aromatic rings. The lowest BCUT2D eigenvalue weighted by Crippen LogP contribution is -2.41. The Morgan fingerprint density at radius 1 is 1.25 bits per heavy atom. The first-order valence-corrected chi connectivity index (χ1v) is 7.00. The summed E-state index contributed by atoms with van der Waals surface area (Å²) < 4.78 is 0. The van der Waals surface area contributed by atoms with Gasteiger partial charge in [0.15, 0.2) is 0 Å². The van der Waals surface area contributed by atoms with Crippen molar-refractivity contribution in [3.8, 4) is 0 Å². The molecule has 0 aliphatic rings. The Morgan fingerprint density at radius 3 is 2.45 bits per heavy atom. The average molecular weight is 276 g/mol. The highest BCUT2D eigenvalue weighted by Gasteiger charge is 2.12. The van der Waals surface area contributed by atoms with Crippen LogP contribution in [0.5, 0.6) is 0 Å². The van der Waals surface area contributed by atoms with Gasteiger partial charge < -0.3 is 10.2 Å². The van der Waals surface area contributed by atoms with Crippen molar-refractivity contribution in [2.45, 2.75) is 40.2 Å². The van der Waals surface area contributed by atoms with E-state index in [0.29, 0.717) is 19.5 Å². The second-order valence-electron chi connectivity index (χ2n) is 5.26. The third kappa shape index (κ3) is 5.03. The van der Waals surface area contributed by atoms with Crippen LogP contribution in [-0.2, 0) is 16.0 Å². The van der Waals surface area contributed by atoms with Crippen molar-refractivity contribution in [2.75, 3.05) is 13.1 Å². The summed E-state index contributed by atoms with van der Waals surface area (Å²) >= 11 is 0. The van der Waals surface area contributed by atoms with Gasteiger partial charge >= 0.3 is 0 Å². The van der Waals surface area contributed by atoms with Crippen LogP contribution >= 0.6 is 0 Å². The molecule has 110 valence electrons. The van der Waals surface area contributed by atoms with Crippen LogP contribution in [0, 0.1) is 6.92 Å². The number of nitrogens with zero attached hydrogens (tertiary/aromatic N) is 1. The minimum Gasteiger partial charge on any atom is -0.354 e. The zero-order valence-electron chi connectivity index (χ0n) is 12.8. The number of aryl methyl sites for hydroxylation is 1. The average Bonchev–Trinajstić information content (AvgIpc) is 2.36. The lowest BCUT2D eigenvalue weighted by Gasteiger charge is -2.25. The van der Waals surface area contributed by atoms with Crippen LogP contribution in [0.15, 0.2) is 24.3 Å². The third-order valence-electron chi connectivity index (χ3n) is 3.31. The van der Waals surface area contributed by atoms with E-state index in [1.165, 1.54) is 0 Å². The Hall–Kier alpha value is -1.84. The van der Waals surface area contributed by atoms with Crippen LogP contribution in [0.1, 0.15) is 31.9 Å². The lowest BCUT2D eigenvalue weighted by molar-refractivity contribution is -0.131. The van der Waals surface area contributed by atoms with Crippen LogP contribution in [-0.4, -0.2) is 35.8 Å². The zero-order valence-corrected chi connectivity index (χ0v) is 12.8. The van der Waals surface area contributed by atoms with E-state index >= 15 is 0 Å². The molecule has 0 spiro atoms. The number of nitrogens with one attached hydrogen (secondary N) is 1. The molecule has 0 saturated carbocycles. The Kier molecular flexibility index (Phi) is 6.22. The van der Waals surface area contributed by atoms with Gasteiger partial charge in [0.1, 0.15) is 0 Å². The van der Waals surface area contributed by atoms with Crippen LogP contribution in [0.25, 0.3) is 0 Å². The minimum atomic E-state index is -0.00782. The summed E-state index contributed by atoms with van der Waals surface area (Å²) in [5, 5.41) is 2.87. The number of carbonyl (C=O) groups excluding carboxylic acids is 2. The van der Waals surface area contributed by atoms with Gasteiger partial charge in [0, 0.05) is 26.1 Å². The standard InChI is InChI=1S/C16H24N2O2/c1-12(2)18(14(4)19)10-9-17-16(20)11-15-8-6-5-7-13(15)3/h5-8,12H,9-11H2,1-4H3,(H,17,20). The molecule has 1 N–H and O–H groups in total. The number of hydrogen-bond acceptors (Lipinski definition) is 2. The maximum absolute atomic E-state index is 11.9. The van der Waals surface area contributed by atoms with Gasteiger partial charge in [-0.15, -0.1) is 0 Å². The van der Waals surface area contributed by atoms with E-state index in [1.807, 2.05) is 45.0 Å². The molecule has 0 heterocycles. The van der Waals surface area contributed by atoms with Gasteiger partial charge in [-0.25, -0.2) is 0 Å². The molecule has 0 unspecified atom stereocenters. The van der Waals surface area contributed by atoms with E-state index < -0.39 is 0 Å². The van der Waals surface area contributed by atoms with Gasteiger partial charge in [-0.3, -0.25) is 9.59 Å². The predicted octanol–water partition coefficient (Wildman–Crippen LogP) is 1.91. The molecule has 1 rings (SSSR count). The monoisotopic (exact) mass is 276 g/mol. The number of rotatable bonds is 6. The van der Waals surface area contributed by atoms with Gasteiger partial charge in [0.05, 0.1) is 6.42 Å². The van der Waals surface area contributed by atoms with Crippen molar-refractivity contribution in [1.82, 2.24) is 10.2 Å². The van der Waals surface area contributed by atoms with E-state index in [0.717, 1.165) is 11.1 Å². The number of carbonyl (C=O) groups is 2. The molecule has 20 heavy (non-hydrogen) atoms. The number of amides is 2. The summed E-state index contributed by atoms with van der Waals surface area (Å²) in [6, 6.07) is 8.01. The Bertz CT molecular complexity index is 469. The minimum absolute atomic E-state index is 0.00782. The van der Waals surface area contributed by atoms with Crippen molar-refractivity contribution in [3.63, 3.8) is 0 Å². The topological polar surface area (TPSA) is 49.4 Å². The molecule has 1 aromatic carbocycles. The zero-order chi connectivity index (χ0) is 15.1. The summed E-state index contributed by atoms with van der Waals surface area (Å²) in [7, 11) is 0. The molecule has 0 radical (unpaired) electrons. The van der Waals surface area contributed by atoms with Gasteiger partial charge in [-0.2, -0.15) is 0 Å². The van der Waals surface area contributed by atoms with Crippen LogP contribution in [0.4, 0.5) is 0 Å². The normalized spacial score (nSPS) is 10.4. The van der Waals surface area contributed by atoms with Gasteiger partial charge in [-0.1, -0.05) is 24.3 Å². The third-order valence-corrected chi connectivity index (χ3v) is 3.31. The van der Waals surface area contributed by atoms with Crippen molar-refractivity contribution >= 4 is 11.8 Å². The first-order valence-electron chi connectivity index (χ1n) is 7.00. The molecule has 2 amide bonds. The number of hydrogen-bond donors (Lipinski definition) is 1. The van der Waals surface area contributed by atoms with E-state index in [1.54, 1.807) is 11.8 Å². The Labute approximate surface area is 121 Å². The molecule has 4 nitrogen and oxygen atoms in total. The summed E-state index contributed by atoms with van der Waals surface area (Å²) in [5.41, 5.74) is 2.16. The summed E-state index contributed by atoms with van der Waals surface area (Å²) in [6.07, 6.45) is 0.383. The summed E-state index contributed by atoms with van der Waals surface area (Å²) in [6.45, 7) is 8.52. The molecular weight excluding hydrogens is 252 g/mol. The summed E-state index contributed by atoms with van der Waals surface area (Å²) in [5.74, 6) is 0.0275. The van der Waals surface area contributed by atoms with Crippen molar-refractivity contribution in [3.05, 3.63) is 35.4 Å². The van der Waals surface area contributed by atoms with Crippen LogP contribution in [0.3, 0.4) is 0 Å². The van der Waals surface area contributed by atoms with E-state index in [9.17, 15) is 9.59 Å². The molecule has 0 atom stereocenters. The highest BCUT2D eigenvalue weighted by atomic mass is 16.2. The Morgan fingerprint density at radius 2 is 1.90 bits per heavy atom. The second kappa shape index (κ2) is 7.68. The van der Waals surface area contributed by atoms with Crippen molar-refractivity contribution in [2.24, 2.45) is 0 Å². The lowest BCUT2D eigenvalue weighted by atomic mass is 10.1. The first-order chi connectivity index (χ1) is 9.41. The molecule has 0 aliphatic carbocycles. The molecule has 4 heteroatoms. The van der Waals surface area contributed by atoms with Gasteiger partial charge in [-0.05, 0) is 31.9 Å². The quantitative estimate of drug-likeness (QED) is 0.863. The molecule has 0 aromatic heterocycles. The highest BCUT2D eigenvalue weighted by molar-refractivity contribution is 5.79. The van der Waals surface area contributed by atoms with Gasteiger partial charge in [0.25, 0.3) is 0 Å². The van der Waals surface area contributed by atoms with Crippen molar-refractivity contribution in [1.29, 1.82) is 0 Å². The molecule has 0 bridgehead atoms. The van der Waals surface area contributed by atoms with Crippen molar-refractivity contribution < 1.29 is 9.59 Å². The fourth-order valence-electron chi connectivity index (χ4n) is 2.14. The number of benzene rings is 1. The van der Waals surface area contributed by atoms with E-state index in [-0.39, 0.29) is 17.9 Å². The smallest absolute Gasteiger partial charge is 0.224 e. The first kappa shape index (κ1) is 16.2. The molecule has 0 fully saturated rings. The van der Waals surface area contributed by atoms with Crippen LogP contribution in [0.2, 0.25) is 0 Å². The molecule has 0 aliphatic heterocycles. The second-order valence-corrected chi connectivity index (χ2v) is 5.26. The van der Waals surface area contributed by atoms with Crippen LogP contribution < -0.4 is 5.32 Å². The fourth-order valence-corrected chi connectivity index (χ4v) is 2.14. The molecular formula is C16H24N2O2. The highest BCUT2D eigenvalue weighted by Crippen LogP contribution is 2.07. The van der Waals surface area contributed by atoms with Gasteiger partial charge in [0.2, 0.25) is 11.8 Å². The SMILES string of the molecule is CC(=O)N(CCNC(=O)Cc1ccccc1C)C(C)C. The maximum atomic E-state index is 11.9. The summed E-state index contributed by atoms with van der Waals surface area (Å²) in [4.78, 5) is 25.0.